The van der Waals surface area contributed by atoms with Gasteiger partial charge in [-0.2, -0.15) is 0 Å². The molecule has 1 aromatic carbocycles. The third-order valence-electron chi connectivity index (χ3n) is 3.68. The van der Waals surface area contributed by atoms with Crippen molar-refractivity contribution in [1.82, 2.24) is 0 Å². The standard InChI is InChI=1S/C14H14BrF3O2/c15-10-6-9(16)5-8-7-14(17,18)13(12(8)10)20-11-3-1-2-4-19-11/h5-6,11,13H,1-4,7H2/t11-,13-/m0/s1. The molecular weight excluding hydrogens is 337 g/mol. The van der Waals surface area contributed by atoms with E-state index in [1.807, 2.05) is 0 Å². The molecule has 2 aliphatic rings. The van der Waals surface area contributed by atoms with Gasteiger partial charge >= 0.3 is 0 Å². The summed E-state index contributed by atoms with van der Waals surface area (Å²) in [7, 11) is 0. The van der Waals surface area contributed by atoms with Crippen LogP contribution in [0.3, 0.4) is 0 Å². The second-order valence-corrected chi connectivity index (χ2v) is 6.06. The lowest BCUT2D eigenvalue weighted by atomic mass is 10.1. The average molecular weight is 351 g/mol. The minimum atomic E-state index is -3.04. The fraction of sp³-hybridized carbons (Fsp3) is 0.571. The number of hydrogen-bond acceptors (Lipinski definition) is 2. The van der Waals surface area contributed by atoms with E-state index in [0.29, 0.717) is 28.6 Å². The molecule has 0 spiro atoms. The molecule has 2 nitrogen and oxygen atoms in total. The highest BCUT2D eigenvalue weighted by Crippen LogP contribution is 2.49. The van der Waals surface area contributed by atoms with Gasteiger partial charge in [0.05, 0.1) is 0 Å². The van der Waals surface area contributed by atoms with Gasteiger partial charge in [0.25, 0.3) is 5.92 Å². The lowest BCUT2D eigenvalue weighted by Gasteiger charge is -2.29. The summed E-state index contributed by atoms with van der Waals surface area (Å²) in [6, 6.07) is 2.34. The van der Waals surface area contributed by atoms with Crippen molar-refractivity contribution in [3.8, 4) is 0 Å². The molecule has 0 bridgehead atoms. The molecule has 1 aromatic rings. The molecule has 0 amide bonds. The second kappa shape index (κ2) is 5.31. The van der Waals surface area contributed by atoms with Crippen molar-refractivity contribution < 1.29 is 22.6 Å². The SMILES string of the molecule is Fc1cc(Br)c2c(c1)CC(F)(F)[C@H]2O[C@H]1CCCCO1. The van der Waals surface area contributed by atoms with E-state index in [4.69, 9.17) is 9.47 Å². The lowest BCUT2D eigenvalue weighted by Crippen LogP contribution is -2.31. The molecule has 1 fully saturated rings. The van der Waals surface area contributed by atoms with Crippen molar-refractivity contribution in [3.05, 3.63) is 33.5 Å². The van der Waals surface area contributed by atoms with Gasteiger partial charge in [-0.05, 0) is 37.0 Å². The lowest BCUT2D eigenvalue weighted by molar-refractivity contribution is -0.236. The van der Waals surface area contributed by atoms with Crippen LogP contribution in [-0.2, 0) is 15.9 Å². The molecule has 0 aromatic heterocycles. The molecule has 0 unspecified atom stereocenters. The first-order valence-electron chi connectivity index (χ1n) is 6.60. The Hall–Kier alpha value is -0.590. The Morgan fingerprint density at radius 1 is 1.30 bits per heavy atom. The van der Waals surface area contributed by atoms with Crippen LogP contribution < -0.4 is 0 Å². The maximum atomic E-state index is 14.1. The summed E-state index contributed by atoms with van der Waals surface area (Å²) in [4.78, 5) is 0. The van der Waals surface area contributed by atoms with Crippen LogP contribution in [0.15, 0.2) is 16.6 Å². The van der Waals surface area contributed by atoms with Gasteiger partial charge in [0.1, 0.15) is 5.82 Å². The van der Waals surface area contributed by atoms with Crippen molar-refractivity contribution in [3.63, 3.8) is 0 Å². The van der Waals surface area contributed by atoms with Gasteiger partial charge in [0.15, 0.2) is 12.4 Å². The molecule has 6 heteroatoms. The summed E-state index contributed by atoms with van der Waals surface area (Å²) >= 11 is 3.16. The Morgan fingerprint density at radius 2 is 2.10 bits per heavy atom. The van der Waals surface area contributed by atoms with Crippen LogP contribution in [0.5, 0.6) is 0 Å². The van der Waals surface area contributed by atoms with Gasteiger partial charge < -0.3 is 9.47 Å². The Labute approximate surface area is 123 Å². The minimum Gasteiger partial charge on any atom is -0.353 e. The third kappa shape index (κ3) is 2.61. The Balaban J connectivity index is 1.90. The first-order valence-corrected chi connectivity index (χ1v) is 7.39. The zero-order valence-corrected chi connectivity index (χ0v) is 12.3. The molecule has 3 rings (SSSR count). The predicted octanol–water partition coefficient (Wildman–Crippen LogP) is 4.36. The maximum absolute atomic E-state index is 14.1. The topological polar surface area (TPSA) is 18.5 Å². The molecule has 0 saturated carbocycles. The molecular formula is C14H14BrF3O2. The van der Waals surface area contributed by atoms with Gasteiger partial charge in [-0.3, -0.25) is 0 Å². The number of ether oxygens (including phenoxy) is 2. The van der Waals surface area contributed by atoms with Gasteiger partial charge in [0, 0.05) is 23.1 Å². The van der Waals surface area contributed by atoms with Crippen LogP contribution in [0.4, 0.5) is 13.2 Å². The number of benzene rings is 1. The van der Waals surface area contributed by atoms with Crippen LogP contribution in [0.25, 0.3) is 0 Å². The van der Waals surface area contributed by atoms with Crippen LogP contribution in [0.2, 0.25) is 0 Å². The average Bonchev–Trinajstić information content (AvgIpc) is 2.61. The summed E-state index contributed by atoms with van der Waals surface area (Å²) in [5.41, 5.74) is 0.633. The van der Waals surface area contributed by atoms with E-state index in [9.17, 15) is 13.2 Å². The molecule has 110 valence electrons. The molecule has 20 heavy (non-hydrogen) atoms. The summed E-state index contributed by atoms with van der Waals surface area (Å²) in [6.07, 6.45) is -0.0537. The number of hydrogen-bond donors (Lipinski definition) is 0. The van der Waals surface area contributed by atoms with Crippen molar-refractivity contribution in [1.29, 1.82) is 0 Å². The normalized spacial score (nSPS) is 28.4. The summed E-state index contributed by atoms with van der Waals surface area (Å²) in [6.45, 7) is 0.528. The number of rotatable bonds is 2. The number of halogens is 4. The first kappa shape index (κ1) is 14.4. The highest BCUT2D eigenvalue weighted by atomic mass is 79.9. The van der Waals surface area contributed by atoms with E-state index in [1.54, 1.807) is 0 Å². The Kier molecular flexibility index (Phi) is 3.81. The highest BCUT2D eigenvalue weighted by molar-refractivity contribution is 9.10. The molecule has 0 radical (unpaired) electrons. The van der Waals surface area contributed by atoms with Crippen molar-refractivity contribution in [2.45, 2.75) is 44.0 Å². The Bertz CT molecular complexity index is 515. The van der Waals surface area contributed by atoms with Gasteiger partial charge in [-0.15, -0.1) is 0 Å². The van der Waals surface area contributed by atoms with Crippen molar-refractivity contribution >= 4 is 15.9 Å². The zero-order valence-electron chi connectivity index (χ0n) is 10.7. The summed E-state index contributed by atoms with van der Waals surface area (Å²) in [5, 5.41) is 0. The molecule has 1 heterocycles. The Morgan fingerprint density at radius 3 is 2.80 bits per heavy atom. The maximum Gasteiger partial charge on any atom is 0.282 e. The molecule has 1 aliphatic carbocycles. The van der Waals surface area contributed by atoms with Crippen molar-refractivity contribution in [2.24, 2.45) is 0 Å². The van der Waals surface area contributed by atoms with Gasteiger partial charge in [-0.1, -0.05) is 15.9 Å². The van der Waals surface area contributed by atoms with E-state index < -0.39 is 30.6 Å². The van der Waals surface area contributed by atoms with E-state index in [-0.39, 0.29) is 0 Å². The summed E-state index contributed by atoms with van der Waals surface area (Å²) < 4.78 is 52.8. The fourth-order valence-electron chi connectivity index (χ4n) is 2.77. The predicted molar refractivity (Wildman–Crippen MR) is 70.2 cm³/mol. The molecule has 2 atom stereocenters. The largest absolute Gasteiger partial charge is 0.353 e. The smallest absolute Gasteiger partial charge is 0.282 e. The monoisotopic (exact) mass is 350 g/mol. The highest BCUT2D eigenvalue weighted by Gasteiger charge is 2.50. The first-order chi connectivity index (χ1) is 9.47. The van der Waals surface area contributed by atoms with Crippen LogP contribution in [0.1, 0.15) is 36.5 Å². The van der Waals surface area contributed by atoms with Gasteiger partial charge in [0.2, 0.25) is 0 Å². The van der Waals surface area contributed by atoms with Crippen molar-refractivity contribution in [2.75, 3.05) is 6.61 Å². The fourth-order valence-corrected chi connectivity index (χ4v) is 3.45. The summed E-state index contributed by atoms with van der Waals surface area (Å²) in [5.74, 6) is -3.57. The van der Waals surface area contributed by atoms with Gasteiger partial charge in [-0.25, -0.2) is 13.2 Å². The second-order valence-electron chi connectivity index (χ2n) is 5.21. The van der Waals surface area contributed by atoms with Crippen LogP contribution in [0, 0.1) is 5.82 Å². The molecule has 0 N–H and O–H groups in total. The zero-order chi connectivity index (χ0) is 14.3. The van der Waals surface area contributed by atoms with E-state index in [1.165, 1.54) is 6.07 Å². The number of alkyl halides is 2. The van der Waals surface area contributed by atoms with E-state index in [2.05, 4.69) is 15.9 Å². The van der Waals surface area contributed by atoms with Crippen LogP contribution >= 0.6 is 15.9 Å². The van der Waals surface area contributed by atoms with E-state index >= 15 is 0 Å². The van der Waals surface area contributed by atoms with Crippen LogP contribution in [-0.4, -0.2) is 18.8 Å². The quantitative estimate of drug-likeness (QED) is 0.788. The van der Waals surface area contributed by atoms with E-state index in [0.717, 1.165) is 18.9 Å². The molecule has 1 saturated heterocycles. The molecule has 1 aliphatic heterocycles. The minimum absolute atomic E-state index is 0.294. The number of fused-ring (bicyclic) bond motifs is 1. The third-order valence-corrected chi connectivity index (χ3v) is 4.33.